The lowest BCUT2D eigenvalue weighted by atomic mass is 10.1. The minimum Gasteiger partial charge on any atom is -0.326 e. The summed E-state index contributed by atoms with van der Waals surface area (Å²) in [7, 11) is 0. The molecule has 2 N–H and O–H groups in total. The summed E-state index contributed by atoms with van der Waals surface area (Å²) in [5.74, 6) is -0.0382. The van der Waals surface area contributed by atoms with Crippen molar-refractivity contribution in [1.82, 2.24) is 5.32 Å². The van der Waals surface area contributed by atoms with Crippen LogP contribution in [0.25, 0.3) is 0 Å². The van der Waals surface area contributed by atoms with Gasteiger partial charge in [-0.3, -0.25) is 4.79 Å². The zero-order valence-corrected chi connectivity index (χ0v) is 12.3. The highest BCUT2D eigenvalue weighted by Gasteiger charge is 2.07. The topological polar surface area (TPSA) is 41.1 Å². The van der Waals surface area contributed by atoms with Crippen LogP contribution in [-0.4, -0.2) is 24.0 Å². The quantitative estimate of drug-likeness (QED) is 0.831. The standard InChI is InChI=1S/C14H22N2OS/c1-10(18-4)9-15-11(2)13-6-5-7-14(8-13)16-12(3)17/h5-8,10-11,15H,9H2,1-4H3,(H,16,17)/t10-,11+/m1/s1. The van der Waals surface area contributed by atoms with E-state index in [0.717, 1.165) is 12.2 Å². The Bertz CT molecular complexity index is 395. The average molecular weight is 266 g/mol. The first kappa shape index (κ1) is 15.1. The number of anilines is 1. The largest absolute Gasteiger partial charge is 0.326 e. The molecule has 4 heteroatoms. The molecule has 1 aromatic carbocycles. The van der Waals surface area contributed by atoms with E-state index in [4.69, 9.17) is 0 Å². The van der Waals surface area contributed by atoms with Crippen molar-refractivity contribution in [2.45, 2.75) is 32.1 Å². The van der Waals surface area contributed by atoms with Gasteiger partial charge in [-0.25, -0.2) is 0 Å². The van der Waals surface area contributed by atoms with Crippen molar-refractivity contribution < 1.29 is 4.79 Å². The molecule has 2 atom stereocenters. The molecule has 0 aliphatic rings. The third kappa shape index (κ3) is 5.10. The van der Waals surface area contributed by atoms with Gasteiger partial charge in [0.15, 0.2) is 0 Å². The first-order valence-electron chi connectivity index (χ1n) is 6.16. The fraction of sp³-hybridized carbons (Fsp3) is 0.500. The number of benzene rings is 1. The average Bonchev–Trinajstić information content (AvgIpc) is 2.35. The maximum absolute atomic E-state index is 11.0. The van der Waals surface area contributed by atoms with Gasteiger partial charge in [0.1, 0.15) is 0 Å². The van der Waals surface area contributed by atoms with Crippen LogP contribution in [0.4, 0.5) is 5.69 Å². The Hall–Kier alpha value is -1.00. The second-order valence-electron chi connectivity index (χ2n) is 4.48. The van der Waals surface area contributed by atoms with Crippen LogP contribution in [0.3, 0.4) is 0 Å². The zero-order chi connectivity index (χ0) is 13.5. The summed E-state index contributed by atoms with van der Waals surface area (Å²) in [6.07, 6.45) is 2.12. The predicted molar refractivity (Wildman–Crippen MR) is 80.1 cm³/mol. The molecule has 0 heterocycles. The van der Waals surface area contributed by atoms with Gasteiger partial charge in [-0.15, -0.1) is 0 Å². The van der Waals surface area contributed by atoms with Crippen molar-refractivity contribution in [3.8, 4) is 0 Å². The number of thioether (sulfide) groups is 1. The fourth-order valence-corrected chi connectivity index (χ4v) is 1.90. The Morgan fingerprint density at radius 2 is 2.11 bits per heavy atom. The normalized spacial score (nSPS) is 14.0. The van der Waals surface area contributed by atoms with Crippen LogP contribution in [0.15, 0.2) is 24.3 Å². The summed E-state index contributed by atoms with van der Waals surface area (Å²) in [5, 5.41) is 6.90. The number of rotatable bonds is 6. The Labute approximate surface area is 114 Å². The highest BCUT2D eigenvalue weighted by atomic mass is 32.2. The van der Waals surface area contributed by atoms with Crippen molar-refractivity contribution >= 4 is 23.4 Å². The third-order valence-corrected chi connectivity index (χ3v) is 3.79. The van der Waals surface area contributed by atoms with Crippen molar-refractivity contribution in [2.24, 2.45) is 0 Å². The second-order valence-corrected chi connectivity index (χ2v) is 5.76. The smallest absolute Gasteiger partial charge is 0.221 e. The SMILES string of the molecule is CS[C@H](C)CN[C@@H](C)c1cccc(NC(C)=O)c1. The first-order chi connectivity index (χ1) is 8.52. The van der Waals surface area contributed by atoms with E-state index < -0.39 is 0 Å². The van der Waals surface area contributed by atoms with Crippen LogP contribution in [0.5, 0.6) is 0 Å². The van der Waals surface area contributed by atoms with E-state index in [0.29, 0.717) is 5.25 Å². The number of amides is 1. The molecule has 0 bridgehead atoms. The van der Waals surface area contributed by atoms with E-state index in [1.54, 1.807) is 0 Å². The summed E-state index contributed by atoms with van der Waals surface area (Å²) in [6.45, 7) is 6.85. The van der Waals surface area contributed by atoms with Gasteiger partial charge in [-0.05, 0) is 30.9 Å². The lowest BCUT2D eigenvalue weighted by Crippen LogP contribution is -2.25. The predicted octanol–water partition coefficient (Wildman–Crippen LogP) is 3.05. The Balaban J connectivity index is 2.62. The van der Waals surface area contributed by atoms with E-state index in [-0.39, 0.29) is 11.9 Å². The van der Waals surface area contributed by atoms with Crippen molar-refractivity contribution in [3.63, 3.8) is 0 Å². The molecule has 0 saturated heterocycles. The van der Waals surface area contributed by atoms with E-state index in [2.05, 4.69) is 36.8 Å². The molecule has 0 radical (unpaired) electrons. The summed E-state index contributed by atoms with van der Waals surface area (Å²) < 4.78 is 0. The molecule has 0 aromatic heterocycles. The number of nitrogens with one attached hydrogen (secondary N) is 2. The highest BCUT2D eigenvalue weighted by molar-refractivity contribution is 7.99. The van der Waals surface area contributed by atoms with E-state index in [9.17, 15) is 4.79 Å². The lowest BCUT2D eigenvalue weighted by molar-refractivity contribution is -0.114. The van der Waals surface area contributed by atoms with Gasteiger partial charge in [-0.1, -0.05) is 19.1 Å². The molecule has 0 saturated carbocycles. The number of hydrogen-bond donors (Lipinski definition) is 2. The van der Waals surface area contributed by atoms with Gasteiger partial charge in [-0.2, -0.15) is 11.8 Å². The van der Waals surface area contributed by atoms with E-state index in [1.165, 1.54) is 12.5 Å². The molecular weight excluding hydrogens is 244 g/mol. The molecule has 18 heavy (non-hydrogen) atoms. The van der Waals surface area contributed by atoms with Crippen LogP contribution in [0.1, 0.15) is 32.4 Å². The Kier molecular flexibility index (Phi) is 6.22. The Morgan fingerprint density at radius 1 is 1.39 bits per heavy atom. The molecule has 0 aliphatic heterocycles. The second kappa shape index (κ2) is 7.44. The highest BCUT2D eigenvalue weighted by Crippen LogP contribution is 2.18. The van der Waals surface area contributed by atoms with E-state index >= 15 is 0 Å². The Morgan fingerprint density at radius 3 is 2.72 bits per heavy atom. The number of hydrogen-bond acceptors (Lipinski definition) is 3. The monoisotopic (exact) mass is 266 g/mol. The maximum Gasteiger partial charge on any atom is 0.221 e. The number of carbonyl (C=O) groups is 1. The molecule has 0 unspecified atom stereocenters. The number of carbonyl (C=O) groups excluding carboxylic acids is 1. The fourth-order valence-electron chi connectivity index (χ4n) is 1.63. The van der Waals surface area contributed by atoms with Crippen LogP contribution in [0.2, 0.25) is 0 Å². The molecule has 1 aromatic rings. The van der Waals surface area contributed by atoms with Gasteiger partial charge in [0.05, 0.1) is 0 Å². The maximum atomic E-state index is 11.0. The van der Waals surface area contributed by atoms with E-state index in [1.807, 2.05) is 30.0 Å². The van der Waals surface area contributed by atoms with Crippen LogP contribution >= 0.6 is 11.8 Å². The van der Waals surface area contributed by atoms with Crippen LogP contribution in [0, 0.1) is 0 Å². The van der Waals surface area contributed by atoms with Gasteiger partial charge < -0.3 is 10.6 Å². The molecule has 1 rings (SSSR count). The van der Waals surface area contributed by atoms with Crippen molar-refractivity contribution in [3.05, 3.63) is 29.8 Å². The summed E-state index contributed by atoms with van der Waals surface area (Å²) in [6, 6.07) is 8.25. The van der Waals surface area contributed by atoms with Gasteiger partial charge in [0.2, 0.25) is 5.91 Å². The zero-order valence-electron chi connectivity index (χ0n) is 11.5. The van der Waals surface area contributed by atoms with Crippen molar-refractivity contribution in [1.29, 1.82) is 0 Å². The van der Waals surface area contributed by atoms with Gasteiger partial charge >= 0.3 is 0 Å². The third-order valence-electron chi connectivity index (χ3n) is 2.82. The minimum atomic E-state index is -0.0382. The lowest BCUT2D eigenvalue weighted by Gasteiger charge is -2.17. The van der Waals surface area contributed by atoms with Crippen LogP contribution < -0.4 is 10.6 Å². The van der Waals surface area contributed by atoms with Gasteiger partial charge in [0.25, 0.3) is 0 Å². The summed E-state index contributed by atoms with van der Waals surface area (Å²) >= 11 is 1.85. The van der Waals surface area contributed by atoms with Crippen LogP contribution in [-0.2, 0) is 4.79 Å². The minimum absolute atomic E-state index is 0.0382. The molecule has 3 nitrogen and oxygen atoms in total. The molecular formula is C14H22N2OS. The molecule has 0 aliphatic carbocycles. The molecule has 1 amide bonds. The molecule has 0 fully saturated rings. The van der Waals surface area contributed by atoms with Gasteiger partial charge in [0, 0.05) is 30.4 Å². The molecule has 0 spiro atoms. The first-order valence-corrected chi connectivity index (χ1v) is 7.45. The van der Waals surface area contributed by atoms with Crippen molar-refractivity contribution in [2.75, 3.05) is 18.1 Å². The summed E-state index contributed by atoms with van der Waals surface area (Å²) in [4.78, 5) is 11.0. The summed E-state index contributed by atoms with van der Waals surface area (Å²) in [5.41, 5.74) is 2.04. The molecule has 100 valence electrons.